The minimum atomic E-state index is -2.97. The standard InChI is InChI=1S/C16H27N3O3S/c1-4-17-16(18-10-11-22-12-13-23(3,20)21)19(2)14-15-8-6-5-7-9-15/h5-9H,4,10-14H2,1-3H3,(H,17,18). The van der Waals surface area contributed by atoms with Crippen molar-refractivity contribution in [2.75, 3.05) is 45.4 Å². The third-order valence-electron chi connectivity index (χ3n) is 3.05. The van der Waals surface area contributed by atoms with E-state index in [1.165, 1.54) is 11.8 Å². The van der Waals surface area contributed by atoms with Gasteiger partial charge in [-0.1, -0.05) is 30.3 Å². The van der Waals surface area contributed by atoms with E-state index < -0.39 is 9.84 Å². The van der Waals surface area contributed by atoms with Crippen molar-refractivity contribution in [1.82, 2.24) is 10.2 Å². The molecule has 1 aromatic rings. The predicted octanol–water partition coefficient (Wildman–Crippen LogP) is 1.15. The van der Waals surface area contributed by atoms with E-state index in [4.69, 9.17) is 4.74 Å². The molecule has 130 valence electrons. The molecule has 0 heterocycles. The molecule has 0 aliphatic carbocycles. The van der Waals surface area contributed by atoms with E-state index in [0.717, 1.165) is 19.0 Å². The summed E-state index contributed by atoms with van der Waals surface area (Å²) in [5.41, 5.74) is 1.21. The van der Waals surface area contributed by atoms with Gasteiger partial charge in [0.15, 0.2) is 5.96 Å². The van der Waals surface area contributed by atoms with Crippen LogP contribution in [0, 0.1) is 0 Å². The molecule has 0 saturated carbocycles. The van der Waals surface area contributed by atoms with E-state index in [2.05, 4.69) is 27.3 Å². The van der Waals surface area contributed by atoms with Gasteiger partial charge in [0.25, 0.3) is 0 Å². The Morgan fingerprint density at radius 2 is 1.96 bits per heavy atom. The topological polar surface area (TPSA) is 71.0 Å². The molecule has 0 spiro atoms. The quantitative estimate of drug-likeness (QED) is 0.414. The Balaban J connectivity index is 2.43. The molecule has 1 N–H and O–H groups in total. The molecule has 0 fully saturated rings. The fraction of sp³-hybridized carbons (Fsp3) is 0.562. The van der Waals surface area contributed by atoms with E-state index in [-0.39, 0.29) is 12.4 Å². The minimum Gasteiger partial charge on any atom is -0.378 e. The third kappa shape index (κ3) is 9.20. The summed E-state index contributed by atoms with van der Waals surface area (Å²) >= 11 is 0. The highest BCUT2D eigenvalue weighted by Gasteiger charge is 2.06. The highest BCUT2D eigenvalue weighted by Crippen LogP contribution is 2.02. The van der Waals surface area contributed by atoms with Crippen molar-refractivity contribution in [3.63, 3.8) is 0 Å². The molecule has 0 aliphatic rings. The van der Waals surface area contributed by atoms with Crippen LogP contribution in [-0.2, 0) is 21.1 Å². The molecule has 23 heavy (non-hydrogen) atoms. The van der Waals surface area contributed by atoms with Crippen LogP contribution in [0.15, 0.2) is 35.3 Å². The van der Waals surface area contributed by atoms with Crippen LogP contribution in [0.3, 0.4) is 0 Å². The molecular formula is C16H27N3O3S. The second-order valence-corrected chi connectivity index (χ2v) is 7.58. The van der Waals surface area contributed by atoms with E-state index in [1.807, 2.05) is 32.2 Å². The highest BCUT2D eigenvalue weighted by atomic mass is 32.2. The maximum atomic E-state index is 11.0. The Kier molecular flexibility index (Phi) is 8.65. The van der Waals surface area contributed by atoms with Crippen molar-refractivity contribution in [2.45, 2.75) is 13.5 Å². The smallest absolute Gasteiger partial charge is 0.194 e. The van der Waals surface area contributed by atoms with E-state index >= 15 is 0 Å². The summed E-state index contributed by atoms with van der Waals surface area (Å²) in [5, 5.41) is 3.24. The molecule has 0 radical (unpaired) electrons. The molecule has 0 atom stereocenters. The molecule has 6 nitrogen and oxygen atoms in total. The van der Waals surface area contributed by atoms with E-state index in [0.29, 0.717) is 13.2 Å². The lowest BCUT2D eigenvalue weighted by Crippen LogP contribution is -2.38. The summed E-state index contributed by atoms with van der Waals surface area (Å²) < 4.78 is 27.3. The van der Waals surface area contributed by atoms with Gasteiger partial charge in [0.1, 0.15) is 9.84 Å². The number of rotatable bonds is 9. The van der Waals surface area contributed by atoms with Gasteiger partial charge >= 0.3 is 0 Å². The molecule has 0 aliphatic heterocycles. The van der Waals surface area contributed by atoms with Crippen LogP contribution in [0.2, 0.25) is 0 Å². The first-order valence-electron chi connectivity index (χ1n) is 7.71. The lowest BCUT2D eigenvalue weighted by atomic mass is 10.2. The first-order valence-corrected chi connectivity index (χ1v) is 9.77. The number of hydrogen-bond acceptors (Lipinski definition) is 4. The molecule has 0 amide bonds. The van der Waals surface area contributed by atoms with Crippen LogP contribution < -0.4 is 5.32 Å². The molecule has 7 heteroatoms. The van der Waals surface area contributed by atoms with Crippen LogP contribution >= 0.6 is 0 Å². The lowest BCUT2D eigenvalue weighted by molar-refractivity contribution is 0.157. The van der Waals surface area contributed by atoms with Gasteiger partial charge in [-0.3, -0.25) is 4.99 Å². The SMILES string of the molecule is CCNC(=NCCOCCS(C)(=O)=O)N(C)Cc1ccccc1. The van der Waals surface area contributed by atoms with Crippen molar-refractivity contribution in [1.29, 1.82) is 0 Å². The number of benzene rings is 1. The van der Waals surface area contributed by atoms with Gasteiger partial charge in [0.05, 0.1) is 25.5 Å². The molecule has 0 aromatic heterocycles. The summed E-state index contributed by atoms with van der Waals surface area (Å²) in [6, 6.07) is 10.2. The number of hydrogen-bond donors (Lipinski definition) is 1. The number of aliphatic imine (C=N–C) groups is 1. The predicted molar refractivity (Wildman–Crippen MR) is 94.4 cm³/mol. The number of nitrogens with zero attached hydrogens (tertiary/aromatic N) is 2. The van der Waals surface area contributed by atoms with Gasteiger partial charge in [-0.25, -0.2) is 8.42 Å². The van der Waals surface area contributed by atoms with Gasteiger partial charge in [-0.05, 0) is 12.5 Å². The Hall–Kier alpha value is -1.60. The second kappa shape index (κ2) is 10.2. The van der Waals surface area contributed by atoms with Crippen LogP contribution in [0.4, 0.5) is 0 Å². The summed E-state index contributed by atoms with van der Waals surface area (Å²) in [6.07, 6.45) is 1.20. The average Bonchev–Trinajstić information content (AvgIpc) is 2.49. The normalized spacial score (nSPS) is 12.2. The molecule has 1 aromatic carbocycles. The van der Waals surface area contributed by atoms with Crippen molar-refractivity contribution in [2.24, 2.45) is 4.99 Å². The first-order chi connectivity index (χ1) is 10.9. The van der Waals surface area contributed by atoms with Crippen LogP contribution in [0.1, 0.15) is 12.5 Å². The Bertz CT molecular complexity index is 573. The van der Waals surface area contributed by atoms with Crippen LogP contribution in [0.5, 0.6) is 0 Å². The number of guanidine groups is 1. The fourth-order valence-corrected chi connectivity index (χ4v) is 2.35. The average molecular weight is 341 g/mol. The summed E-state index contributed by atoms with van der Waals surface area (Å²) in [5.74, 6) is 0.855. The van der Waals surface area contributed by atoms with Gasteiger partial charge in [-0.15, -0.1) is 0 Å². The molecule has 0 unspecified atom stereocenters. The second-order valence-electron chi connectivity index (χ2n) is 5.32. The zero-order valence-corrected chi connectivity index (χ0v) is 15.0. The Morgan fingerprint density at radius 3 is 2.57 bits per heavy atom. The van der Waals surface area contributed by atoms with Gasteiger partial charge < -0.3 is 15.0 Å². The largest absolute Gasteiger partial charge is 0.378 e. The minimum absolute atomic E-state index is 0.0463. The van der Waals surface area contributed by atoms with Crippen molar-refractivity contribution in [3.8, 4) is 0 Å². The van der Waals surface area contributed by atoms with Gasteiger partial charge in [0.2, 0.25) is 0 Å². The number of sulfone groups is 1. The number of ether oxygens (including phenoxy) is 1. The molecule has 1 rings (SSSR count). The molecule has 0 saturated heterocycles. The monoisotopic (exact) mass is 341 g/mol. The summed E-state index contributed by atoms with van der Waals surface area (Å²) in [4.78, 5) is 6.55. The lowest BCUT2D eigenvalue weighted by Gasteiger charge is -2.22. The zero-order valence-electron chi connectivity index (χ0n) is 14.2. The summed E-state index contributed by atoms with van der Waals surface area (Å²) in [7, 11) is -0.981. The number of nitrogens with one attached hydrogen (secondary N) is 1. The third-order valence-corrected chi connectivity index (χ3v) is 3.96. The van der Waals surface area contributed by atoms with Crippen LogP contribution in [0.25, 0.3) is 0 Å². The van der Waals surface area contributed by atoms with E-state index in [9.17, 15) is 8.42 Å². The van der Waals surface area contributed by atoms with Crippen molar-refractivity contribution >= 4 is 15.8 Å². The van der Waals surface area contributed by atoms with Gasteiger partial charge in [0, 0.05) is 26.4 Å². The highest BCUT2D eigenvalue weighted by molar-refractivity contribution is 7.90. The zero-order chi connectivity index (χ0) is 17.1. The first kappa shape index (κ1) is 19.4. The van der Waals surface area contributed by atoms with Gasteiger partial charge in [-0.2, -0.15) is 0 Å². The Morgan fingerprint density at radius 1 is 1.26 bits per heavy atom. The molecule has 0 bridgehead atoms. The maximum Gasteiger partial charge on any atom is 0.194 e. The Labute approximate surface area is 139 Å². The van der Waals surface area contributed by atoms with Crippen molar-refractivity contribution in [3.05, 3.63) is 35.9 Å². The van der Waals surface area contributed by atoms with E-state index in [1.54, 1.807) is 0 Å². The van der Waals surface area contributed by atoms with Crippen LogP contribution in [-0.4, -0.2) is 64.6 Å². The maximum absolute atomic E-state index is 11.0. The molecular weight excluding hydrogens is 314 g/mol. The summed E-state index contributed by atoms with van der Waals surface area (Å²) in [6.45, 7) is 4.68. The van der Waals surface area contributed by atoms with Crippen molar-refractivity contribution < 1.29 is 13.2 Å². The fourth-order valence-electron chi connectivity index (χ4n) is 1.93.